The molecular weight excluding hydrogens is 1200 g/mol. The third-order valence-electron chi connectivity index (χ3n) is 10.1. The number of aliphatic hydroxyl groups excluding tert-OH is 4. The summed E-state index contributed by atoms with van der Waals surface area (Å²) >= 11 is 0. The van der Waals surface area contributed by atoms with Crippen LogP contribution in [0.1, 0.15) is 38.8 Å². The van der Waals surface area contributed by atoms with Gasteiger partial charge in [0.1, 0.15) is 40.5 Å². The van der Waals surface area contributed by atoms with Crippen LogP contribution in [0.25, 0.3) is 12.2 Å². The van der Waals surface area contributed by atoms with Gasteiger partial charge in [-0.1, -0.05) is 24.3 Å². The van der Waals surface area contributed by atoms with E-state index in [2.05, 4.69) is 51.2 Å². The first-order valence-corrected chi connectivity index (χ1v) is 27.8. The normalized spacial score (nSPS) is 13.2. The van der Waals surface area contributed by atoms with Crippen molar-refractivity contribution in [1.82, 2.24) is 29.9 Å². The second kappa shape index (κ2) is 32.1. The van der Waals surface area contributed by atoms with Gasteiger partial charge in [0.15, 0.2) is 0 Å². The summed E-state index contributed by atoms with van der Waals surface area (Å²) in [4.78, 5) is 26.1. The van der Waals surface area contributed by atoms with Gasteiger partial charge in [-0.05, 0) is 112 Å². The number of rotatable bonds is 24. The molecule has 0 spiro atoms. The van der Waals surface area contributed by atoms with Gasteiger partial charge in [-0.15, -0.1) is 0 Å². The Hall–Kier alpha value is -1.81. The number of nitrogens with zero attached hydrogens (tertiary/aromatic N) is 8. The molecule has 0 aliphatic carbocycles. The van der Waals surface area contributed by atoms with E-state index in [9.17, 15) is 72.3 Å². The van der Waals surface area contributed by atoms with Crippen molar-refractivity contribution in [3.63, 3.8) is 0 Å². The van der Waals surface area contributed by atoms with Crippen molar-refractivity contribution >= 4 is 111 Å². The molecule has 4 aromatic carbocycles. The summed E-state index contributed by atoms with van der Waals surface area (Å²) in [6.45, 7) is 5.53. The first kappa shape index (κ1) is 74.3. The Morgan fingerprint density at radius 2 is 0.675 bits per heavy atom. The molecule has 2 heterocycles. The van der Waals surface area contributed by atoms with E-state index < -0.39 is 84.5 Å². The first-order valence-electron chi connectivity index (χ1n) is 22.2. The zero-order chi connectivity index (χ0) is 55.9. The van der Waals surface area contributed by atoms with Crippen LogP contribution in [0.5, 0.6) is 0 Å². The Labute approximate surface area is 591 Å². The maximum atomic E-state index is 12.7. The SMILES string of the molecule is CC(O)CN(CC(C)O)c1nc(Nc2ccc(S(=O)(=O)[O-])cc2)nc(Nc2ccc(C=Cc3ccc(Nc4nc(Nc5ccc(S(=O)(=O)[O-])cc5)nc(N(CC(C)O)CC(C)O)n4)cc3S(=O)(=O)[O-])c(S(=O)(=O)[O-])c2)n1.[K+].[K+].[Na+].[Na+]. The van der Waals surface area contributed by atoms with Crippen molar-refractivity contribution in [1.29, 1.82) is 0 Å². The van der Waals surface area contributed by atoms with Gasteiger partial charge < -0.3 is 69.7 Å². The molecule has 0 saturated carbocycles. The quantitative estimate of drug-likeness (QED) is 0.0158. The predicted octanol–water partition coefficient (Wildman–Crippen LogP) is -10.0. The van der Waals surface area contributed by atoms with Crippen LogP contribution < -0.4 is 193 Å². The van der Waals surface area contributed by atoms with Crippen molar-refractivity contribution in [2.75, 3.05) is 57.2 Å². The topological polar surface area (TPSA) is 442 Å². The molecule has 0 saturated heterocycles. The summed E-state index contributed by atoms with van der Waals surface area (Å²) in [6, 6.07) is 16.0. The van der Waals surface area contributed by atoms with Crippen LogP contribution in [0.2, 0.25) is 0 Å². The molecule has 28 nitrogen and oxygen atoms in total. The Bertz CT molecular complexity index is 3310. The van der Waals surface area contributed by atoms with Crippen LogP contribution in [-0.4, -0.2) is 153 Å². The fourth-order valence-corrected chi connectivity index (χ4v) is 9.36. The van der Waals surface area contributed by atoms with E-state index in [0.29, 0.717) is 0 Å². The third-order valence-corrected chi connectivity index (χ3v) is 13.6. The number of hydrogen-bond donors (Lipinski definition) is 8. The van der Waals surface area contributed by atoms with E-state index in [1.54, 1.807) is 0 Å². The van der Waals surface area contributed by atoms with Crippen molar-refractivity contribution in [3.05, 3.63) is 96.1 Å². The molecule has 6 rings (SSSR count). The van der Waals surface area contributed by atoms with Crippen LogP contribution in [0.3, 0.4) is 0 Å². The average Bonchev–Trinajstić information content (AvgIpc) is 3.29. The molecule has 4 atom stereocenters. The molecule has 4 unspecified atom stereocenters. The van der Waals surface area contributed by atoms with Gasteiger partial charge in [-0.2, -0.15) is 29.9 Å². The minimum Gasteiger partial charge on any atom is -0.744 e. The molecule has 36 heteroatoms. The standard InChI is InChI=1S/C44H52N12O16S4.2K.2Na/c1-25(57)21-55(22-26(2)58)43-51-39(45-31-11-15-35(16-12-31)73(61,62)63)49-41(53-43)47-33-9-7-29(37(19-33)75(67,68)69)5-6-30-8-10-34(20-38(30)76(70,71)72)48-42-50-40(46-32-13-17-36(18-14-32)74(64,65)66)52-44(54-42)56(23-27(3)59)24-28(4)60;;;;/h5-20,25-28,57-60H,21-24H2,1-4H3,(H,61,62,63)(H,64,65,66)(H,67,68,69)(H,70,71,72)(H2,45,47,49,51,53)(H2,46,48,50,52,54);;;;/q;4*+1/p-4. The maximum Gasteiger partial charge on any atom is 1.00 e. The number of hydrogen-bond acceptors (Lipinski definition) is 28. The minimum absolute atomic E-state index is 0. The summed E-state index contributed by atoms with van der Waals surface area (Å²) in [7, 11) is -20.2. The fourth-order valence-electron chi connectivity index (χ4n) is 7.03. The summed E-state index contributed by atoms with van der Waals surface area (Å²) in [5.74, 6) is -1.15. The largest absolute Gasteiger partial charge is 1.00 e. The van der Waals surface area contributed by atoms with Crippen LogP contribution in [0, 0.1) is 0 Å². The molecule has 0 aliphatic rings. The second-order valence-corrected chi connectivity index (χ2v) is 22.4. The Morgan fingerprint density at radius 3 is 0.912 bits per heavy atom. The van der Waals surface area contributed by atoms with E-state index in [1.165, 1.54) is 86.0 Å². The van der Waals surface area contributed by atoms with E-state index in [1.807, 2.05) is 0 Å². The van der Waals surface area contributed by atoms with Crippen molar-refractivity contribution in [3.8, 4) is 0 Å². The van der Waals surface area contributed by atoms with E-state index in [0.717, 1.165) is 48.6 Å². The molecule has 0 amide bonds. The summed E-state index contributed by atoms with van der Waals surface area (Å²) < 4.78 is 145. The number of anilines is 10. The number of benzene rings is 4. The second-order valence-electron chi connectivity index (χ2n) is 17.0. The zero-order valence-corrected chi connectivity index (χ0v) is 57.8. The summed E-state index contributed by atoms with van der Waals surface area (Å²) in [5.41, 5.74) is -0.274. The monoisotopic (exact) mass is 1250 g/mol. The molecule has 2 aromatic heterocycles. The zero-order valence-electron chi connectivity index (χ0n) is 44.3. The Kier molecular flexibility index (Phi) is 29.8. The Morgan fingerprint density at radius 1 is 0.425 bits per heavy atom. The van der Waals surface area contributed by atoms with Gasteiger partial charge >= 0.3 is 162 Å². The van der Waals surface area contributed by atoms with Crippen LogP contribution >= 0.6 is 0 Å². The fraction of sp³-hybridized carbons (Fsp3) is 0.273. The molecule has 80 heavy (non-hydrogen) atoms. The molecular formula is C44H48K2N12Na2O16S4. The molecule has 8 N–H and O–H groups in total. The van der Waals surface area contributed by atoms with Gasteiger partial charge in [0.2, 0.25) is 35.7 Å². The van der Waals surface area contributed by atoms with Gasteiger partial charge in [0.25, 0.3) is 0 Å². The van der Waals surface area contributed by atoms with Gasteiger partial charge in [-0.25, -0.2) is 33.7 Å². The van der Waals surface area contributed by atoms with Crippen molar-refractivity contribution < 1.29 is 234 Å². The van der Waals surface area contributed by atoms with Crippen molar-refractivity contribution in [2.24, 2.45) is 0 Å². The van der Waals surface area contributed by atoms with Crippen LogP contribution in [0.4, 0.5) is 58.4 Å². The van der Waals surface area contributed by atoms with E-state index in [4.69, 9.17) is 0 Å². The molecule has 408 valence electrons. The Balaban J connectivity index is 0.00000547. The van der Waals surface area contributed by atoms with Gasteiger partial charge in [-0.3, -0.25) is 0 Å². The molecule has 0 fully saturated rings. The molecule has 6 aromatic rings. The van der Waals surface area contributed by atoms with Crippen molar-refractivity contribution in [2.45, 2.75) is 71.7 Å². The van der Waals surface area contributed by atoms with Crippen LogP contribution in [-0.2, 0) is 40.5 Å². The smallest absolute Gasteiger partial charge is 0.744 e. The van der Waals surface area contributed by atoms with Crippen LogP contribution in [0.15, 0.2) is 105 Å². The van der Waals surface area contributed by atoms with E-state index >= 15 is 0 Å². The first-order chi connectivity index (χ1) is 35.4. The van der Waals surface area contributed by atoms with Gasteiger partial charge in [0, 0.05) is 48.9 Å². The number of aliphatic hydroxyl groups is 4. The van der Waals surface area contributed by atoms with Gasteiger partial charge in [0.05, 0.1) is 44.0 Å². The molecule has 0 aliphatic heterocycles. The number of aromatic nitrogens is 6. The average molecular weight is 1250 g/mol. The maximum absolute atomic E-state index is 12.7. The third kappa shape index (κ3) is 22.9. The predicted molar refractivity (Wildman–Crippen MR) is 270 cm³/mol. The summed E-state index contributed by atoms with van der Waals surface area (Å²) in [6.07, 6.45) is -1.70. The molecule has 0 bridgehead atoms. The number of nitrogens with one attached hydrogen (secondary N) is 4. The molecule has 0 radical (unpaired) electrons. The minimum atomic E-state index is -5.32. The summed E-state index contributed by atoms with van der Waals surface area (Å²) in [5, 5.41) is 52.1. The van der Waals surface area contributed by atoms with E-state index in [-0.39, 0.29) is 258 Å².